The highest BCUT2D eigenvalue weighted by molar-refractivity contribution is 5.61. The van der Waals surface area contributed by atoms with Crippen LogP contribution in [-0.2, 0) is 0 Å². The van der Waals surface area contributed by atoms with Crippen LogP contribution in [0.25, 0.3) is 17.8 Å². The first kappa shape index (κ1) is 13.9. The molecule has 2 heterocycles. The van der Waals surface area contributed by atoms with Gasteiger partial charge in [-0.25, -0.2) is 4.98 Å². The Morgan fingerprint density at radius 3 is 2.83 bits per heavy atom. The van der Waals surface area contributed by atoms with Crippen LogP contribution in [0.3, 0.4) is 0 Å². The summed E-state index contributed by atoms with van der Waals surface area (Å²) >= 11 is 0. The van der Waals surface area contributed by atoms with Gasteiger partial charge in [-0.3, -0.25) is 9.20 Å². The molecule has 2 rings (SSSR count). The summed E-state index contributed by atoms with van der Waals surface area (Å²) in [4.78, 5) is 18.3. The van der Waals surface area contributed by atoms with Crippen molar-refractivity contribution in [2.45, 2.75) is 13.8 Å². The number of aromatic amines is 1. The fraction of sp³-hybridized carbons (Fsp3) is 0.231. The Kier molecular flexibility index (Phi) is 5.07. The topological polar surface area (TPSA) is 70.4 Å². The Morgan fingerprint density at radius 2 is 2.28 bits per heavy atom. The minimum absolute atomic E-state index is 0.205. The Balaban J connectivity index is 0.000000492. The highest BCUT2D eigenvalue weighted by atomic mass is 16.2. The van der Waals surface area contributed by atoms with Gasteiger partial charge < -0.3 is 10.1 Å². The molecule has 0 aromatic carbocycles. The molecule has 18 heavy (non-hydrogen) atoms. The lowest BCUT2D eigenvalue weighted by Gasteiger charge is -2.04. The first-order valence-corrected chi connectivity index (χ1v) is 5.64. The molecule has 0 unspecified atom stereocenters. The summed E-state index contributed by atoms with van der Waals surface area (Å²) < 4.78 is 1.75. The van der Waals surface area contributed by atoms with E-state index in [0.29, 0.717) is 11.3 Å². The molecule has 2 aromatic rings. The second kappa shape index (κ2) is 6.56. The second-order valence-corrected chi connectivity index (χ2v) is 3.39. The zero-order chi connectivity index (χ0) is 13.5. The average Bonchev–Trinajstić information content (AvgIpc) is 2.83. The zero-order valence-corrected chi connectivity index (χ0v) is 10.6. The van der Waals surface area contributed by atoms with E-state index in [-0.39, 0.29) is 12.2 Å². The lowest BCUT2D eigenvalue weighted by molar-refractivity contribution is 0.318. The molecule has 5 nitrogen and oxygen atoms in total. The third kappa shape index (κ3) is 2.75. The molecule has 0 fully saturated rings. The number of fused-ring (bicyclic) bond motifs is 1. The maximum atomic E-state index is 11.6. The van der Waals surface area contributed by atoms with Gasteiger partial charge in [-0.05, 0) is 26.0 Å². The molecule has 0 saturated heterocycles. The van der Waals surface area contributed by atoms with Gasteiger partial charge in [0, 0.05) is 19.0 Å². The maximum Gasteiger partial charge on any atom is 0.292 e. The molecule has 5 heteroatoms. The molecular formula is C13H17N3O2. The number of aromatic nitrogens is 3. The molecule has 0 bridgehead atoms. The van der Waals surface area contributed by atoms with Crippen LogP contribution in [0, 0.1) is 0 Å². The van der Waals surface area contributed by atoms with Gasteiger partial charge in [-0.15, -0.1) is 0 Å². The van der Waals surface area contributed by atoms with E-state index in [1.807, 2.05) is 19.1 Å². The van der Waals surface area contributed by atoms with Gasteiger partial charge in [0.05, 0.1) is 11.4 Å². The van der Waals surface area contributed by atoms with E-state index in [9.17, 15) is 4.79 Å². The van der Waals surface area contributed by atoms with Gasteiger partial charge in [-0.1, -0.05) is 12.7 Å². The largest absolute Gasteiger partial charge is 0.397 e. The van der Waals surface area contributed by atoms with Gasteiger partial charge in [0.15, 0.2) is 0 Å². The minimum atomic E-state index is -0.205. The number of aliphatic hydroxyl groups excluding tert-OH is 1. The first-order chi connectivity index (χ1) is 8.69. The van der Waals surface area contributed by atoms with Crippen LogP contribution in [0.15, 0.2) is 29.8 Å². The van der Waals surface area contributed by atoms with Crippen molar-refractivity contribution >= 4 is 17.8 Å². The van der Waals surface area contributed by atoms with Crippen molar-refractivity contribution in [2.75, 3.05) is 6.61 Å². The zero-order valence-electron chi connectivity index (χ0n) is 10.6. The summed E-state index contributed by atoms with van der Waals surface area (Å²) in [6.07, 6.45) is 8.79. The van der Waals surface area contributed by atoms with Crippen LogP contribution < -0.4 is 5.56 Å². The smallest absolute Gasteiger partial charge is 0.292 e. The molecule has 0 aliphatic heterocycles. The Hall–Kier alpha value is -2.14. The summed E-state index contributed by atoms with van der Waals surface area (Å²) in [5, 5.41) is 7.57. The minimum Gasteiger partial charge on any atom is -0.397 e. The molecule has 2 N–H and O–H groups in total. The molecule has 0 atom stereocenters. The molecule has 96 valence electrons. The molecule has 0 amide bonds. The number of H-pyrrole nitrogens is 1. The molecular weight excluding hydrogens is 230 g/mol. The third-order valence-electron chi connectivity index (χ3n) is 2.16. The average molecular weight is 247 g/mol. The summed E-state index contributed by atoms with van der Waals surface area (Å²) in [5.74, 6) is 0. The highest BCUT2D eigenvalue weighted by Gasteiger charge is 2.06. The fourth-order valence-electron chi connectivity index (χ4n) is 1.52. The first-order valence-electron chi connectivity index (χ1n) is 5.64. The van der Waals surface area contributed by atoms with Crippen molar-refractivity contribution in [3.63, 3.8) is 0 Å². The molecule has 2 aromatic heterocycles. The van der Waals surface area contributed by atoms with Crippen molar-refractivity contribution in [3.8, 4) is 0 Å². The highest BCUT2D eigenvalue weighted by Crippen LogP contribution is 2.09. The van der Waals surface area contributed by atoms with Gasteiger partial charge in [0.25, 0.3) is 5.56 Å². The van der Waals surface area contributed by atoms with Crippen molar-refractivity contribution in [2.24, 2.45) is 0 Å². The van der Waals surface area contributed by atoms with Crippen molar-refractivity contribution in [1.82, 2.24) is 14.4 Å². The van der Waals surface area contributed by atoms with Gasteiger partial charge in [-0.2, -0.15) is 0 Å². The predicted octanol–water partition coefficient (Wildman–Crippen LogP) is 1.70. The standard InChI is InChI=1S/C11H11N3O.C2H6O/c1-3-5-9-8(4-2)13-11(15)10-12-6-7-14(9)10;1-2-3/h3-7H,2H2,1H3,(H,13,15);3H,2H2,1H3/b5-3-;. The number of nitrogens with zero attached hydrogens (tertiary/aromatic N) is 2. The second-order valence-electron chi connectivity index (χ2n) is 3.39. The van der Waals surface area contributed by atoms with Crippen LogP contribution >= 0.6 is 0 Å². The van der Waals surface area contributed by atoms with Crippen molar-refractivity contribution in [1.29, 1.82) is 0 Å². The van der Waals surface area contributed by atoms with E-state index in [2.05, 4.69) is 16.5 Å². The number of imidazole rings is 1. The van der Waals surface area contributed by atoms with E-state index >= 15 is 0 Å². The Bertz CT molecular complexity index is 608. The molecule has 0 radical (unpaired) electrons. The number of rotatable bonds is 2. The van der Waals surface area contributed by atoms with Gasteiger partial charge in [0.1, 0.15) is 0 Å². The van der Waals surface area contributed by atoms with Gasteiger partial charge in [0.2, 0.25) is 5.65 Å². The van der Waals surface area contributed by atoms with E-state index in [4.69, 9.17) is 5.11 Å². The monoisotopic (exact) mass is 247 g/mol. The maximum absolute atomic E-state index is 11.6. The van der Waals surface area contributed by atoms with E-state index in [0.717, 1.165) is 5.69 Å². The van der Waals surface area contributed by atoms with Crippen LogP contribution in [-0.4, -0.2) is 26.1 Å². The number of hydrogen-bond acceptors (Lipinski definition) is 3. The molecule has 0 aliphatic rings. The van der Waals surface area contributed by atoms with Crippen molar-refractivity contribution in [3.05, 3.63) is 46.8 Å². The van der Waals surface area contributed by atoms with E-state index in [1.54, 1.807) is 29.8 Å². The van der Waals surface area contributed by atoms with E-state index in [1.165, 1.54) is 0 Å². The number of aliphatic hydroxyl groups is 1. The summed E-state index contributed by atoms with van der Waals surface area (Å²) in [7, 11) is 0. The lowest BCUT2D eigenvalue weighted by atomic mass is 10.2. The summed E-state index contributed by atoms with van der Waals surface area (Å²) in [5.41, 5.74) is 1.76. The van der Waals surface area contributed by atoms with Crippen LogP contribution in [0.2, 0.25) is 0 Å². The summed E-state index contributed by atoms with van der Waals surface area (Å²) in [6, 6.07) is 0. The Morgan fingerprint density at radius 1 is 1.61 bits per heavy atom. The molecule has 0 aliphatic carbocycles. The number of nitrogens with one attached hydrogen (secondary N) is 1. The fourth-order valence-corrected chi connectivity index (χ4v) is 1.52. The van der Waals surface area contributed by atoms with Crippen molar-refractivity contribution < 1.29 is 5.11 Å². The Labute approximate surface area is 105 Å². The number of hydrogen-bond donors (Lipinski definition) is 2. The molecule has 0 spiro atoms. The summed E-state index contributed by atoms with van der Waals surface area (Å²) in [6.45, 7) is 7.52. The lowest BCUT2D eigenvalue weighted by Crippen LogP contribution is -2.14. The number of allylic oxidation sites excluding steroid dienone is 1. The van der Waals surface area contributed by atoms with Crippen LogP contribution in [0.1, 0.15) is 25.2 Å². The predicted molar refractivity (Wildman–Crippen MR) is 73.4 cm³/mol. The molecule has 0 saturated carbocycles. The quantitative estimate of drug-likeness (QED) is 0.848. The van der Waals surface area contributed by atoms with Gasteiger partial charge >= 0.3 is 0 Å². The van der Waals surface area contributed by atoms with Crippen LogP contribution in [0.5, 0.6) is 0 Å². The van der Waals surface area contributed by atoms with Crippen LogP contribution in [0.4, 0.5) is 0 Å². The normalized spacial score (nSPS) is 10.4. The van der Waals surface area contributed by atoms with E-state index < -0.39 is 0 Å². The third-order valence-corrected chi connectivity index (χ3v) is 2.16. The SMILES string of the molecule is C=Cc1[nH]c(=O)c2nccn2c1/C=C\C.CCO.